The van der Waals surface area contributed by atoms with Crippen LogP contribution in [0.4, 0.5) is 0 Å². The number of amides is 2. The molecule has 1 N–H and O–H groups in total. The van der Waals surface area contributed by atoms with E-state index in [0.29, 0.717) is 6.54 Å². The Morgan fingerprint density at radius 2 is 2.04 bits per heavy atom. The topological polar surface area (TPSA) is 58.6 Å². The molecule has 7 heteroatoms. The van der Waals surface area contributed by atoms with Crippen LogP contribution in [0.5, 0.6) is 5.75 Å². The lowest BCUT2D eigenvalue weighted by molar-refractivity contribution is -0.134. The van der Waals surface area contributed by atoms with Gasteiger partial charge in [0.2, 0.25) is 11.8 Å². The highest BCUT2D eigenvalue weighted by Gasteiger charge is 2.19. The molecule has 1 atom stereocenters. The zero-order chi connectivity index (χ0) is 19.1. The van der Waals surface area contributed by atoms with Gasteiger partial charge in [-0.15, -0.1) is 11.3 Å². The largest absolute Gasteiger partial charge is 0.497 e. The van der Waals surface area contributed by atoms with Gasteiger partial charge >= 0.3 is 0 Å². The molecule has 0 aliphatic heterocycles. The van der Waals surface area contributed by atoms with E-state index in [-0.39, 0.29) is 11.8 Å². The third-order valence-corrected chi connectivity index (χ3v) is 5.35. The molecule has 1 aromatic carbocycles. The fourth-order valence-corrected chi connectivity index (χ4v) is 3.79. The molecule has 0 spiro atoms. The number of hydrogen-bond acceptors (Lipinski definition) is 4. The molecule has 0 radical (unpaired) electrons. The Hall–Kier alpha value is -2.12. The van der Waals surface area contributed by atoms with Crippen molar-refractivity contribution in [1.29, 1.82) is 0 Å². The highest BCUT2D eigenvalue weighted by atomic mass is 79.9. The monoisotopic (exact) mass is 436 g/mol. The second-order valence-corrected chi connectivity index (χ2v) is 7.67. The highest BCUT2D eigenvalue weighted by Crippen LogP contribution is 2.21. The molecule has 2 aromatic rings. The van der Waals surface area contributed by atoms with E-state index in [1.807, 2.05) is 35.7 Å². The average molecular weight is 437 g/mol. The number of ether oxygens (including phenoxy) is 1. The Morgan fingerprint density at radius 3 is 2.62 bits per heavy atom. The summed E-state index contributed by atoms with van der Waals surface area (Å²) in [5.74, 6) is 0.307. The first-order chi connectivity index (χ1) is 12.4. The zero-order valence-electron chi connectivity index (χ0n) is 14.9. The molecule has 0 bridgehead atoms. The first-order valence-electron chi connectivity index (χ1n) is 7.99. The van der Waals surface area contributed by atoms with Gasteiger partial charge in [-0.05, 0) is 52.7 Å². The number of nitrogens with one attached hydrogen (secondary N) is 1. The molecule has 0 saturated heterocycles. The predicted octanol–water partition coefficient (Wildman–Crippen LogP) is 3.70. The fourth-order valence-electron chi connectivity index (χ4n) is 2.29. The number of halogens is 1. The van der Waals surface area contributed by atoms with Crippen LogP contribution in [0.15, 0.2) is 46.3 Å². The average Bonchev–Trinajstić information content (AvgIpc) is 3.04. The summed E-state index contributed by atoms with van der Waals surface area (Å²) in [6.45, 7) is 2.19. The summed E-state index contributed by atoms with van der Waals surface area (Å²) < 4.78 is 6.10. The summed E-state index contributed by atoms with van der Waals surface area (Å²) in [6, 6.07) is 8.73. The van der Waals surface area contributed by atoms with Crippen LogP contribution in [-0.2, 0) is 16.1 Å². The predicted molar refractivity (Wildman–Crippen MR) is 108 cm³/mol. The minimum absolute atomic E-state index is 0.138. The van der Waals surface area contributed by atoms with Crippen LogP contribution >= 0.6 is 27.3 Å². The van der Waals surface area contributed by atoms with Crippen molar-refractivity contribution in [3.05, 3.63) is 56.7 Å². The normalized spacial score (nSPS) is 12.0. The number of nitrogens with zero attached hydrogens (tertiary/aromatic N) is 1. The Bertz CT molecular complexity index is 786. The van der Waals surface area contributed by atoms with Gasteiger partial charge in [0.15, 0.2) is 0 Å². The number of carbonyl (C=O) groups excluding carboxylic acids is 2. The van der Waals surface area contributed by atoms with Gasteiger partial charge in [-0.25, -0.2) is 0 Å². The Labute approximate surface area is 165 Å². The third kappa shape index (κ3) is 6.00. The van der Waals surface area contributed by atoms with Gasteiger partial charge in [-0.3, -0.25) is 9.59 Å². The van der Waals surface area contributed by atoms with E-state index < -0.39 is 6.04 Å². The van der Waals surface area contributed by atoms with E-state index >= 15 is 0 Å². The Balaban J connectivity index is 1.86. The number of hydrogen-bond donors (Lipinski definition) is 1. The summed E-state index contributed by atoms with van der Waals surface area (Å²) in [4.78, 5) is 27.1. The zero-order valence-corrected chi connectivity index (χ0v) is 17.3. The van der Waals surface area contributed by atoms with Crippen molar-refractivity contribution >= 4 is 45.2 Å². The second-order valence-electron chi connectivity index (χ2n) is 5.76. The van der Waals surface area contributed by atoms with Crippen LogP contribution < -0.4 is 10.1 Å². The minimum atomic E-state index is -0.601. The van der Waals surface area contributed by atoms with Gasteiger partial charge in [-0.1, -0.05) is 12.1 Å². The first kappa shape index (κ1) is 20.2. The molecule has 1 heterocycles. The molecule has 1 unspecified atom stereocenters. The van der Waals surface area contributed by atoms with Crippen LogP contribution in [0.1, 0.15) is 17.4 Å². The van der Waals surface area contributed by atoms with Gasteiger partial charge < -0.3 is 15.0 Å². The Morgan fingerprint density at radius 1 is 1.35 bits per heavy atom. The SMILES string of the molecule is COc1ccc(/C=C/C(=O)NC(C)C(=O)N(C)Cc2cc(Br)cs2)cc1. The molecule has 26 heavy (non-hydrogen) atoms. The van der Waals surface area contributed by atoms with Crippen LogP contribution in [0.2, 0.25) is 0 Å². The molecule has 138 valence electrons. The van der Waals surface area contributed by atoms with Crippen LogP contribution in [0.3, 0.4) is 0 Å². The number of benzene rings is 1. The molecule has 0 aliphatic carbocycles. The standard InChI is InChI=1S/C19H21BrN2O3S/c1-13(19(24)22(2)11-17-10-15(20)12-26-17)21-18(23)9-6-14-4-7-16(25-3)8-5-14/h4-10,12-13H,11H2,1-3H3,(H,21,23)/b9-6+. The molecular weight excluding hydrogens is 416 g/mol. The van der Waals surface area contributed by atoms with Crippen molar-refractivity contribution in [2.75, 3.05) is 14.2 Å². The van der Waals surface area contributed by atoms with Crippen LogP contribution in [0.25, 0.3) is 6.08 Å². The van der Waals surface area contributed by atoms with Crippen molar-refractivity contribution < 1.29 is 14.3 Å². The molecule has 0 aliphatic rings. The Kier molecular flexibility index (Phi) is 7.41. The number of carbonyl (C=O) groups is 2. The number of likely N-dealkylation sites (N-methyl/N-ethyl adjacent to an activating group) is 1. The summed E-state index contributed by atoms with van der Waals surface area (Å²) >= 11 is 4.98. The second kappa shape index (κ2) is 9.54. The lowest BCUT2D eigenvalue weighted by atomic mass is 10.2. The summed E-state index contributed by atoms with van der Waals surface area (Å²) in [5.41, 5.74) is 0.875. The van der Waals surface area contributed by atoms with Crippen molar-refractivity contribution in [3.63, 3.8) is 0 Å². The molecule has 5 nitrogen and oxygen atoms in total. The van der Waals surface area contributed by atoms with Crippen molar-refractivity contribution in [2.45, 2.75) is 19.5 Å². The minimum Gasteiger partial charge on any atom is -0.497 e. The van der Waals surface area contributed by atoms with Crippen LogP contribution in [0, 0.1) is 0 Å². The first-order valence-corrected chi connectivity index (χ1v) is 9.67. The van der Waals surface area contributed by atoms with Gasteiger partial charge in [0.1, 0.15) is 11.8 Å². The van der Waals surface area contributed by atoms with Crippen molar-refractivity contribution in [3.8, 4) is 5.75 Å². The third-order valence-electron chi connectivity index (χ3n) is 3.66. The molecule has 0 saturated carbocycles. The van der Waals surface area contributed by atoms with E-state index in [0.717, 1.165) is 20.7 Å². The van der Waals surface area contributed by atoms with Gasteiger partial charge in [-0.2, -0.15) is 0 Å². The summed E-state index contributed by atoms with van der Waals surface area (Å²) in [6.07, 6.45) is 3.11. The van der Waals surface area contributed by atoms with Crippen molar-refractivity contribution in [1.82, 2.24) is 10.2 Å². The maximum Gasteiger partial charge on any atom is 0.244 e. The summed E-state index contributed by atoms with van der Waals surface area (Å²) in [5, 5.41) is 4.67. The molecule has 2 amide bonds. The van der Waals surface area contributed by atoms with E-state index in [4.69, 9.17) is 4.74 Å². The molecule has 2 rings (SSSR count). The summed E-state index contributed by atoms with van der Waals surface area (Å²) in [7, 11) is 3.33. The number of methoxy groups -OCH3 is 1. The maximum atomic E-state index is 12.4. The molecular formula is C19H21BrN2O3S. The van der Waals surface area contributed by atoms with E-state index in [1.165, 1.54) is 6.08 Å². The van der Waals surface area contributed by atoms with E-state index in [1.54, 1.807) is 43.4 Å². The number of rotatable bonds is 7. The van der Waals surface area contributed by atoms with Gasteiger partial charge in [0, 0.05) is 27.9 Å². The lowest BCUT2D eigenvalue weighted by Crippen LogP contribution is -2.44. The van der Waals surface area contributed by atoms with E-state index in [9.17, 15) is 9.59 Å². The smallest absolute Gasteiger partial charge is 0.244 e. The van der Waals surface area contributed by atoms with Gasteiger partial charge in [0.05, 0.1) is 13.7 Å². The quantitative estimate of drug-likeness (QED) is 0.673. The van der Waals surface area contributed by atoms with Crippen LogP contribution in [-0.4, -0.2) is 36.9 Å². The highest BCUT2D eigenvalue weighted by molar-refractivity contribution is 9.10. The molecule has 1 aromatic heterocycles. The lowest BCUT2D eigenvalue weighted by Gasteiger charge is -2.21. The van der Waals surface area contributed by atoms with Gasteiger partial charge in [0.25, 0.3) is 0 Å². The maximum absolute atomic E-state index is 12.4. The molecule has 0 fully saturated rings. The number of thiophene rings is 1. The van der Waals surface area contributed by atoms with E-state index in [2.05, 4.69) is 21.2 Å². The fraction of sp³-hybridized carbons (Fsp3) is 0.263. The van der Waals surface area contributed by atoms with Crippen molar-refractivity contribution in [2.24, 2.45) is 0 Å².